The molecule has 3 heteroatoms. The van der Waals surface area contributed by atoms with Crippen molar-refractivity contribution in [3.63, 3.8) is 0 Å². The predicted octanol–water partition coefficient (Wildman–Crippen LogP) is 10.6. The van der Waals surface area contributed by atoms with Gasteiger partial charge in [0.25, 0.3) is 0 Å². The molecule has 8 aromatic rings. The van der Waals surface area contributed by atoms with Crippen LogP contribution in [0.15, 0.2) is 157 Å². The number of hydrogen-bond acceptors (Lipinski definition) is 0. The normalized spacial score (nSPS) is 19.9. The van der Waals surface area contributed by atoms with E-state index in [1.165, 1.54) is 126 Å². The molecule has 2 saturated carbocycles. The van der Waals surface area contributed by atoms with Crippen molar-refractivity contribution in [3.05, 3.63) is 179 Å². The Bertz CT molecular complexity index is 2790. The molecule has 1 heterocycles. The third kappa shape index (κ3) is 6.04. The molecule has 2 atom stereocenters. The van der Waals surface area contributed by atoms with Gasteiger partial charge in [0.15, 0.2) is 0 Å². The Morgan fingerprint density at radius 3 is 1.07 bits per heavy atom. The third-order valence-corrected chi connectivity index (χ3v) is 24.1. The second-order valence-electron chi connectivity index (χ2n) is 18.9. The first-order valence-corrected chi connectivity index (χ1v) is 26.8. The largest absolute Gasteiger partial charge is 1.00 e. The Hall–Kier alpha value is -4.43. The second-order valence-corrected chi connectivity index (χ2v) is 26.1. The molecule has 4 aliphatic carbocycles. The predicted molar refractivity (Wildman–Crippen MR) is 249 cm³/mol. The molecule has 8 aromatic carbocycles. The summed E-state index contributed by atoms with van der Waals surface area (Å²) in [4.78, 5) is 0. The van der Waals surface area contributed by atoms with Crippen molar-refractivity contribution < 1.29 is 41.4 Å². The minimum absolute atomic E-state index is 0. The molecule has 0 nitrogen and oxygen atoms in total. The van der Waals surface area contributed by atoms with Gasteiger partial charge in [0, 0.05) is 0 Å². The summed E-state index contributed by atoms with van der Waals surface area (Å²) < 4.78 is 4.25. The SMILES string of the molecule is C1=C(C2CCCC2)[CH]([Ti+2]2([CH]3C(C4CCCC4)=Cc4c(-c5c6ccccc6cc6ccccc56)cccc43)[CH2][CH2]2)c2cccc(-c3c4ccccc4cc4ccccc34)c21.[Cl-].[Cl-]. The van der Waals surface area contributed by atoms with Gasteiger partial charge in [0.2, 0.25) is 0 Å². The summed E-state index contributed by atoms with van der Waals surface area (Å²) in [5, 5.41) is 10.9. The van der Waals surface area contributed by atoms with E-state index in [1.54, 1.807) is 22.3 Å². The van der Waals surface area contributed by atoms with Gasteiger partial charge in [0.05, 0.1) is 0 Å². The van der Waals surface area contributed by atoms with Gasteiger partial charge >= 0.3 is 354 Å². The number of rotatable bonds is 6. The van der Waals surface area contributed by atoms with Gasteiger partial charge in [-0.2, -0.15) is 0 Å². The summed E-state index contributed by atoms with van der Waals surface area (Å²) in [5.41, 5.74) is 16.0. The van der Waals surface area contributed by atoms with Crippen LogP contribution in [0, 0.1) is 11.8 Å². The monoisotopic (exact) mass is 864 g/mol. The molecule has 0 radical (unpaired) electrons. The Morgan fingerprint density at radius 1 is 0.377 bits per heavy atom. The molecule has 2 unspecified atom stereocenters. The first kappa shape index (κ1) is 39.4. The van der Waals surface area contributed by atoms with Gasteiger partial charge in [-0.15, -0.1) is 0 Å². The van der Waals surface area contributed by atoms with Gasteiger partial charge in [-0.05, 0) is 0 Å². The number of benzene rings is 8. The van der Waals surface area contributed by atoms with E-state index in [1.807, 2.05) is 11.1 Å². The molecular formula is C58H50Cl2Ti. The van der Waals surface area contributed by atoms with Gasteiger partial charge in [-0.25, -0.2) is 0 Å². The van der Waals surface area contributed by atoms with Gasteiger partial charge in [0.1, 0.15) is 0 Å². The quantitative estimate of drug-likeness (QED) is 0.115. The summed E-state index contributed by atoms with van der Waals surface area (Å²) in [6.07, 6.45) is 16.6. The molecule has 3 fully saturated rings. The van der Waals surface area contributed by atoms with E-state index in [0.717, 1.165) is 11.8 Å². The maximum Gasteiger partial charge on any atom is -1.00 e. The minimum atomic E-state index is -2.70. The van der Waals surface area contributed by atoms with E-state index >= 15 is 0 Å². The van der Waals surface area contributed by atoms with Crippen LogP contribution in [0.25, 0.3) is 77.5 Å². The Morgan fingerprint density at radius 2 is 0.721 bits per heavy atom. The van der Waals surface area contributed by atoms with Crippen LogP contribution in [0.1, 0.15) is 82.1 Å². The summed E-state index contributed by atoms with van der Waals surface area (Å²) >= 11 is -2.70. The molecule has 0 aromatic heterocycles. The first-order chi connectivity index (χ1) is 29.2. The Labute approximate surface area is 376 Å². The Balaban J connectivity index is 0.00000210. The van der Waals surface area contributed by atoms with E-state index in [-0.39, 0.29) is 24.8 Å². The fourth-order valence-electron chi connectivity index (χ4n) is 13.3. The van der Waals surface area contributed by atoms with Crippen molar-refractivity contribution in [2.75, 3.05) is 0 Å². The standard InChI is InChI=1S/2C28H23.C2H4.2ClH.Ti/c2*1-2-9-19(8-1)23-17-22-12-7-15-26(27(22)18-23)28-24-13-5-3-10-20(24)16-21-11-4-6-14-25(21)28;1-2;;;/h2*3-7,10-19H,1-2,8-9H2;1-2H2;2*1H;/q;;;;;+2/p-2. The molecule has 61 heavy (non-hydrogen) atoms. The summed E-state index contributed by atoms with van der Waals surface area (Å²) in [7, 11) is 0. The molecule has 5 aliphatic rings. The fraction of sp³-hybridized carbons (Fsp3) is 0.241. The van der Waals surface area contributed by atoms with Crippen molar-refractivity contribution >= 4 is 55.2 Å². The first-order valence-electron chi connectivity index (χ1n) is 22.8. The molecule has 13 rings (SSSR count). The molecule has 0 bridgehead atoms. The molecule has 0 amide bonds. The minimum Gasteiger partial charge on any atom is -1.00 e. The molecule has 0 N–H and O–H groups in total. The molecule has 300 valence electrons. The number of fused-ring (bicyclic) bond motifs is 6. The van der Waals surface area contributed by atoms with Crippen molar-refractivity contribution in [1.82, 2.24) is 0 Å². The molecule has 1 aliphatic heterocycles. The van der Waals surface area contributed by atoms with Crippen LogP contribution in [0.3, 0.4) is 0 Å². The van der Waals surface area contributed by atoms with Crippen LogP contribution in [0.4, 0.5) is 0 Å². The van der Waals surface area contributed by atoms with Gasteiger partial charge < -0.3 is 24.8 Å². The van der Waals surface area contributed by atoms with Crippen LogP contribution in [-0.2, 0) is 16.6 Å². The van der Waals surface area contributed by atoms with E-state index in [2.05, 4.69) is 158 Å². The average Bonchev–Trinajstić information content (AvgIpc) is 3.82. The second kappa shape index (κ2) is 15.4. The summed E-state index contributed by atoms with van der Waals surface area (Å²) in [6.45, 7) is 0. The average molecular weight is 866 g/mol. The molecule has 0 spiro atoms. The summed E-state index contributed by atoms with van der Waals surface area (Å²) in [5.74, 6) is 1.45. The van der Waals surface area contributed by atoms with Crippen molar-refractivity contribution in [1.29, 1.82) is 0 Å². The Kier molecular flexibility index (Phi) is 9.97. The fourth-order valence-corrected chi connectivity index (χ4v) is 23.7. The van der Waals surface area contributed by atoms with Crippen LogP contribution in [0.5, 0.6) is 0 Å². The van der Waals surface area contributed by atoms with Gasteiger partial charge in [-0.1, -0.05) is 0 Å². The van der Waals surface area contributed by atoms with Crippen LogP contribution >= 0.6 is 0 Å². The zero-order valence-corrected chi connectivity index (χ0v) is 37.7. The van der Waals surface area contributed by atoms with Gasteiger partial charge in [-0.3, -0.25) is 0 Å². The molecular weight excluding hydrogens is 815 g/mol. The topological polar surface area (TPSA) is 0 Å². The van der Waals surface area contributed by atoms with Crippen molar-refractivity contribution in [2.45, 2.75) is 69.3 Å². The number of hydrogen-bond donors (Lipinski definition) is 0. The maximum atomic E-state index is 2.81. The van der Waals surface area contributed by atoms with Crippen molar-refractivity contribution in [3.8, 4) is 22.3 Å². The van der Waals surface area contributed by atoms with E-state index in [0.29, 0.717) is 8.45 Å². The van der Waals surface area contributed by atoms with E-state index in [9.17, 15) is 0 Å². The molecule has 1 saturated heterocycles. The summed E-state index contributed by atoms with van der Waals surface area (Å²) in [6, 6.07) is 56.4. The number of halogens is 2. The third-order valence-electron chi connectivity index (χ3n) is 15.9. The van der Waals surface area contributed by atoms with Crippen LogP contribution < -0.4 is 24.8 Å². The van der Waals surface area contributed by atoms with E-state index < -0.39 is 16.6 Å². The zero-order chi connectivity index (χ0) is 38.7. The smallest absolute Gasteiger partial charge is 1.00 e. The maximum absolute atomic E-state index is 2.81. The van der Waals surface area contributed by atoms with Crippen LogP contribution in [-0.4, -0.2) is 0 Å². The van der Waals surface area contributed by atoms with E-state index in [4.69, 9.17) is 0 Å². The zero-order valence-electron chi connectivity index (χ0n) is 34.6. The number of allylic oxidation sites excluding steroid dienone is 2. The van der Waals surface area contributed by atoms with Crippen molar-refractivity contribution in [2.24, 2.45) is 11.8 Å². The van der Waals surface area contributed by atoms with Crippen LogP contribution in [0.2, 0.25) is 9.45 Å².